The van der Waals surface area contributed by atoms with Crippen LogP contribution in [0.1, 0.15) is 12.0 Å². The Bertz CT molecular complexity index is 487. The first-order valence-corrected chi connectivity index (χ1v) is 5.55. The van der Waals surface area contributed by atoms with Gasteiger partial charge in [0.2, 0.25) is 0 Å². The summed E-state index contributed by atoms with van der Waals surface area (Å²) < 4.78 is 5.37. The smallest absolute Gasteiger partial charge is 0.135 e. The Hall–Kier alpha value is -1.20. The van der Waals surface area contributed by atoms with Crippen molar-refractivity contribution in [1.29, 1.82) is 0 Å². The molecule has 0 aliphatic carbocycles. The summed E-state index contributed by atoms with van der Waals surface area (Å²) in [6.45, 7) is 0. The van der Waals surface area contributed by atoms with Crippen molar-refractivity contribution in [2.75, 3.05) is 5.33 Å². The van der Waals surface area contributed by atoms with Crippen molar-refractivity contribution in [1.82, 2.24) is 0 Å². The average Bonchev–Trinajstić information content (AvgIpc) is 2.63. The summed E-state index contributed by atoms with van der Waals surface area (Å²) >= 11 is 3.34. The van der Waals surface area contributed by atoms with Gasteiger partial charge in [-0.15, -0.1) is 0 Å². The van der Waals surface area contributed by atoms with E-state index < -0.39 is 0 Å². The average molecular weight is 249 g/mol. The third-order valence-electron chi connectivity index (χ3n) is 1.92. The Morgan fingerprint density at radius 1 is 1.29 bits per heavy atom. The molecule has 1 nitrogen and oxygen atoms in total. The molecule has 2 heteroatoms. The number of alkyl halides is 1. The van der Waals surface area contributed by atoms with Gasteiger partial charge in [-0.1, -0.05) is 39.9 Å². The summed E-state index contributed by atoms with van der Waals surface area (Å²) in [7, 11) is 0. The highest BCUT2D eigenvalue weighted by Crippen LogP contribution is 2.19. The van der Waals surface area contributed by atoms with Crippen molar-refractivity contribution in [2.24, 2.45) is 0 Å². The van der Waals surface area contributed by atoms with E-state index in [1.165, 1.54) is 0 Å². The molecule has 1 aromatic carbocycles. The molecule has 0 amide bonds. The molecule has 1 heterocycles. The maximum atomic E-state index is 5.37. The molecule has 0 saturated heterocycles. The molecule has 14 heavy (non-hydrogen) atoms. The van der Waals surface area contributed by atoms with Crippen LogP contribution in [-0.4, -0.2) is 5.33 Å². The van der Waals surface area contributed by atoms with Crippen LogP contribution in [0.5, 0.6) is 0 Å². The molecule has 1 aromatic heterocycles. The van der Waals surface area contributed by atoms with Crippen LogP contribution in [0.15, 0.2) is 34.9 Å². The van der Waals surface area contributed by atoms with E-state index >= 15 is 0 Å². The summed E-state index contributed by atoms with van der Waals surface area (Å²) in [5.74, 6) is 6.17. The van der Waals surface area contributed by atoms with Crippen LogP contribution in [0.4, 0.5) is 0 Å². The van der Waals surface area contributed by atoms with Crippen molar-refractivity contribution >= 4 is 26.9 Å². The van der Waals surface area contributed by atoms with E-state index in [4.69, 9.17) is 4.42 Å². The predicted molar refractivity (Wildman–Crippen MR) is 61.5 cm³/mol. The van der Waals surface area contributed by atoms with Crippen molar-refractivity contribution in [2.45, 2.75) is 6.42 Å². The molecule has 0 saturated carbocycles. The molecule has 0 atom stereocenters. The van der Waals surface area contributed by atoms with Gasteiger partial charge in [-0.2, -0.15) is 0 Å². The quantitative estimate of drug-likeness (QED) is 0.556. The van der Waals surface area contributed by atoms with Gasteiger partial charge in [0.25, 0.3) is 0 Å². The van der Waals surface area contributed by atoms with E-state index in [0.717, 1.165) is 28.3 Å². The van der Waals surface area contributed by atoms with Crippen LogP contribution in [0.3, 0.4) is 0 Å². The lowest BCUT2D eigenvalue weighted by Gasteiger charge is -1.85. The van der Waals surface area contributed by atoms with E-state index in [1.54, 1.807) is 6.26 Å². The minimum atomic E-state index is 0.861. The van der Waals surface area contributed by atoms with Gasteiger partial charge in [0.1, 0.15) is 11.8 Å². The molecule has 2 rings (SSSR count). The number of hydrogen-bond acceptors (Lipinski definition) is 1. The summed E-state index contributed by atoms with van der Waals surface area (Å²) in [5.41, 5.74) is 1.87. The van der Waals surface area contributed by atoms with Gasteiger partial charge < -0.3 is 4.42 Å². The van der Waals surface area contributed by atoms with Crippen LogP contribution in [0.2, 0.25) is 0 Å². The summed E-state index contributed by atoms with van der Waals surface area (Å²) in [4.78, 5) is 0. The highest BCUT2D eigenvalue weighted by molar-refractivity contribution is 9.09. The predicted octanol–water partition coefficient (Wildman–Crippen LogP) is 3.57. The number of benzene rings is 1. The lowest BCUT2D eigenvalue weighted by atomic mass is 10.2. The third kappa shape index (κ3) is 1.83. The lowest BCUT2D eigenvalue weighted by Crippen LogP contribution is -1.71. The zero-order chi connectivity index (χ0) is 9.80. The molecule has 2 aromatic rings. The Morgan fingerprint density at radius 2 is 2.14 bits per heavy atom. The molecule has 0 N–H and O–H groups in total. The van der Waals surface area contributed by atoms with E-state index in [9.17, 15) is 0 Å². The standard InChI is InChI=1S/C12H9BrO/c13-8-4-3-5-10-9-14-12-7-2-1-6-11(10)12/h1-2,6-7,9H,4,8H2. The van der Waals surface area contributed by atoms with Gasteiger partial charge in [0.05, 0.1) is 5.56 Å². The Labute approximate surface area is 91.2 Å². The highest BCUT2D eigenvalue weighted by atomic mass is 79.9. The lowest BCUT2D eigenvalue weighted by molar-refractivity contribution is 0.615. The molecule has 0 fully saturated rings. The largest absolute Gasteiger partial charge is 0.463 e. The normalized spacial score (nSPS) is 9.79. The molecule has 0 unspecified atom stereocenters. The monoisotopic (exact) mass is 248 g/mol. The highest BCUT2D eigenvalue weighted by Gasteiger charge is 2.00. The molecular weight excluding hydrogens is 240 g/mol. The fraction of sp³-hybridized carbons (Fsp3) is 0.167. The van der Waals surface area contributed by atoms with Crippen molar-refractivity contribution in [3.63, 3.8) is 0 Å². The van der Waals surface area contributed by atoms with E-state index in [-0.39, 0.29) is 0 Å². The van der Waals surface area contributed by atoms with Crippen molar-refractivity contribution < 1.29 is 4.42 Å². The molecule has 0 aliphatic heterocycles. The van der Waals surface area contributed by atoms with E-state index in [0.29, 0.717) is 0 Å². The minimum Gasteiger partial charge on any atom is -0.463 e. The molecule has 0 spiro atoms. The first-order chi connectivity index (χ1) is 6.92. The first kappa shape index (κ1) is 9.36. The molecule has 70 valence electrons. The van der Waals surface area contributed by atoms with Crippen molar-refractivity contribution in [3.8, 4) is 11.8 Å². The van der Waals surface area contributed by atoms with Gasteiger partial charge in [0, 0.05) is 17.1 Å². The van der Waals surface area contributed by atoms with Crippen LogP contribution >= 0.6 is 15.9 Å². The number of halogens is 1. The fourth-order valence-electron chi connectivity index (χ4n) is 1.28. The molecule has 0 radical (unpaired) electrons. The number of fused-ring (bicyclic) bond motifs is 1. The van der Waals surface area contributed by atoms with Crippen LogP contribution in [0, 0.1) is 11.8 Å². The minimum absolute atomic E-state index is 0.861. The second-order valence-corrected chi connectivity index (χ2v) is 3.68. The van der Waals surface area contributed by atoms with Crippen LogP contribution in [-0.2, 0) is 0 Å². The maximum absolute atomic E-state index is 5.37. The SMILES string of the molecule is BrCCC#Cc1coc2ccccc12. The Kier molecular flexibility index (Phi) is 2.90. The van der Waals surface area contributed by atoms with Gasteiger partial charge in [-0.25, -0.2) is 0 Å². The summed E-state index contributed by atoms with van der Waals surface area (Å²) in [6, 6.07) is 7.93. The summed E-state index contributed by atoms with van der Waals surface area (Å²) in [5, 5.41) is 2.00. The van der Waals surface area contributed by atoms with Crippen LogP contribution in [0.25, 0.3) is 11.0 Å². The molecule has 0 bridgehead atoms. The third-order valence-corrected chi connectivity index (χ3v) is 2.32. The van der Waals surface area contributed by atoms with Gasteiger partial charge >= 0.3 is 0 Å². The second kappa shape index (κ2) is 4.34. The van der Waals surface area contributed by atoms with Gasteiger partial charge in [-0.05, 0) is 12.1 Å². The van der Waals surface area contributed by atoms with E-state index in [2.05, 4.69) is 27.8 Å². The van der Waals surface area contributed by atoms with E-state index in [1.807, 2.05) is 24.3 Å². The first-order valence-electron chi connectivity index (χ1n) is 4.43. The number of rotatable bonds is 1. The second-order valence-electron chi connectivity index (χ2n) is 2.89. The molecule has 0 aliphatic rings. The number of hydrogen-bond donors (Lipinski definition) is 0. The zero-order valence-corrected chi connectivity index (χ0v) is 9.17. The Balaban J connectivity index is 2.40. The van der Waals surface area contributed by atoms with Gasteiger partial charge in [0.15, 0.2) is 0 Å². The Morgan fingerprint density at radius 3 is 3.00 bits per heavy atom. The van der Waals surface area contributed by atoms with Crippen LogP contribution < -0.4 is 0 Å². The number of para-hydroxylation sites is 1. The maximum Gasteiger partial charge on any atom is 0.135 e. The van der Waals surface area contributed by atoms with Gasteiger partial charge in [-0.3, -0.25) is 0 Å². The van der Waals surface area contributed by atoms with Crippen molar-refractivity contribution in [3.05, 3.63) is 36.1 Å². The summed E-state index contributed by atoms with van der Waals surface area (Å²) in [6.07, 6.45) is 2.57. The topological polar surface area (TPSA) is 13.1 Å². The fourth-order valence-corrected chi connectivity index (χ4v) is 1.48. The zero-order valence-electron chi connectivity index (χ0n) is 7.59. The number of furan rings is 1. The molecular formula is C12H9BrO.